The zero-order valence-corrected chi connectivity index (χ0v) is 14.3. The first-order chi connectivity index (χ1) is 11.6. The van der Waals surface area contributed by atoms with E-state index in [9.17, 15) is 9.90 Å². The first-order valence-corrected chi connectivity index (χ1v) is 8.60. The molecule has 24 heavy (non-hydrogen) atoms. The van der Waals surface area contributed by atoms with Gasteiger partial charge in [-0.1, -0.05) is 0 Å². The number of anilines is 1. The van der Waals surface area contributed by atoms with E-state index in [-0.39, 0.29) is 24.6 Å². The number of ketones is 1. The SMILES string of the molecule is CCOc1cc(C2C3CCC(CC3=O)N2CCO)cc(N)c1OC. The van der Waals surface area contributed by atoms with Crippen LogP contribution in [0.15, 0.2) is 12.1 Å². The summed E-state index contributed by atoms with van der Waals surface area (Å²) in [6, 6.07) is 3.97. The quantitative estimate of drug-likeness (QED) is 0.771. The standard InChI is InChI=1S/C18H26N2O4/c1-3-24-16-9-11(8-14(19)18(16)23-2)17-13-5-4-12(10-15(13)22)20(17)6-7-21/h8-9,12-13,17,21H,3-7,10,19H2,1-2H3. The predicted octanol–water partition coefficient (Wildman–Crippen LogP) is 1.76. The number of carbonyl (C=O) groups excluding carboxylic acids is 1. The summed E-state index contributed by atoms with van der Waals surface area (Å²) in [6.07, 6.45) is 2.49. The summed E-state index contributed by atoms with van der Waals surface area (Å²) < 4.78 is 11.0. The number of Topliss-reactive ketones (excluding diaryl/α,β-unsaturated/α-hetero) is 1. The Bertz CT molecular complexity index is 619. The molecule has 1 saturated carbocycles. The summed E-state index contributed by atoms with van der Waals surface area (Å²) in [5, 5.41) is 9.46. The highest BCUT2D eigenvalue weighted by molar-refractivity contribution is 5.84. The van der Waals surface area contributed by atoms with Crippen LogP contribution in [0.4, 0.5) is 5.69 Å². The van der Waals surface area contributed by atoms with Crippen molar-refractivity contribution in [2.75, 3.05) is 32.6 Å². The van der Waals surface area contributed by atoms with Gasteiger partial charge in [0.05, 0.1) is 26.0 Å². The molecule has 0 amide bonds. The van der Waals surface area contributed by atoms with Gasteiger partial charge in [0, 0.05) is 31.0 Å². The Kier molecular flexibility index (Phi) is 4.96. The fourth-order valence-corrected chi connectivity index (χ4v) is 4.25. The molecule has 3 N–H and O–H groups in total. The highest BCUT2D eigenvalue weighted by Gasteiger charge is 2.47. The molecule has 4 rings (SSSR count). The number of hydrogen-bond acceptors (Lipinski definition) is 6. The van der Waals surface area contributed by atoms with Gasteiger partial charge < -0.3 is 20.3 Å². The molecule has 1 aromatic rings. The lowest BCUT2D eigenvalue weighted by Crippen LogP contribution is -2.54. The lowest BCUT2D eigenvalue weighted by Gasteiger charge is -2.50. The first-order valence-electron chi connectivity index (χ1n) is 8.60. The number of nitrogen functional groups attached to an aromatic ring is 1. The fourth-order valence-electron chi connectivity index (χ4n) is 4.25. The fraction of sp³-hybridized carbons (Fsp3) is 0.611. The Labute approximate surface area is 142 Å². The lowest BCUT2D eigenvalue weighted by atomic mass is 9.71. The largest absolute Gasteiger partial charge is 0.491 e. The van der Waals surface area contributed by atoms with Crippen molar-refractivity contribution in [1.29, 1.82) is 0 Å². The highest BCUT2D eigenvalue weighted by atomic mass is 16.5. The van der Waals surface area contributed by atoms with Crippen LogP contribution in [0.2, 0.25) is 0 Å². The van der Waals surface area contributed by atoms with Crippen molar-refractivity contribution in [3.05, 3.63) is 17.7 Å². The Morgan fingerprint density at radius 2 is 2.17 bits per heavy atom. The number of nitrogens with two attached hydrogens (primary N) is 1. The van der Waals surface area contributed by atoms with Gasteiger partial charge >= 0.3 is 0 Å². The van der Waals surface area contributed by atoms with Crippen molar-refractivity contribution >= 4 is 11.5 Å². The van der Waals surface area contributed by atoms with Gasteiger partial charge in [-0.2, -0.15) is 0 Å². The Morgan fingerprint density at radius 1 is 1.38 bits per heavy atom. The maximum absolute atomic E-state index is 12.4. The third-order valence-corrected chi connectivity index (χ3v) is 5.18. The summed E-state index contributed by atoms with van der Waals surface area (Å²) in [4.78, 5) is 14.7. The highest BCUT2D eigenvalue weighted by Crippen LogP contribution is 2.48. The molecule has 6 nitrogen and oxygen atoms in total. The van der Waals surface area contributed by atoms with E-state index in [2.05, 4.69) is 4.90 Å². The van der Waals surface area contributed by atoms with Crippen molar-refractivity contribution in [3.63, 3.8) is 0 Å². The number of benzene rings is 1. The van der Waals surface area contributed by atoms with E-state index in [1.807, 2.05) is 19.1 Å². The third kappa shape index (κ3) is 2.84. The normalized spacial score (nSPS) is 26.6. The maximum atomic E-state index is 12.4. The molecule has 1 aliphatic carbocycles. The molecule has 3 fully saturated rings. The number of piperidine rings is 2. The van der Waals surface area contributed by atoms with Crippen LogP contribution in [0.3, 0.4) is 0 Å². The number of fused-ring (bicyclic) bond motifs is 3. The van der Waals surface area contributed by atoms with Gasteiger partial charge in [0.15, 0.2) is 11.5 Å². The second-order valence-corrected chi connectivity index (χ2v) is 6.49. The molecular weight excluding hydrogens is 308 g/mol. The van der Waals surface area contributed by atoms with Crippen LogP contribution in [-0.2, 0) is 4.79 Å². The van der Waals surface area contributed by atoms with Gasteiger partial charge in [0.1, 0.15) is 5.78 Å². The molecule has 0 radical (unpaired) electrons. The molecule has 3 aliphatic rings. The molecular formula is C18H26N2O4. The zero-order chi connectivity index (χ0) is 17.3. The molecule has 0 spiro atoms. The van der Waals surface area contributed by atoms with Crippen molar-refractivity contribution < 1.29 is 19.4 Å². The van der Waals surface area contributed by atoms with Crippen LogP contribution in [0, 0.1) is 5.92 Å². The molecule has 132 valence electrons. The Balaban J connectivity index is 2.03. The molecule has 2 aliphatic heterocycles. The Hall–Kier alpha value is -1.79. The van der Waals surface area contributed by atoms with E-state index in [4.69, 9.17) is 15.2 Å². The zero-order valence-electron chi connectivity index (χ0n) is 14.3. The number of rotatable bonds is 6. The van der Waals surface area contributed by atoms with Gasteiger partial charge in [0.25, 0.3) is 0 Å². The number of methoxy groups -OCH3 is 1. The molecule has 3 atom stereocenters. The molecule has 0 aromatic heterocycles. The number of nitrogens with zero attached hydrogens (tertiary/aromatic N) is 1. The van der Waals surface area contributed by atoms with Gasteiger partial charge in [0.2, 0.25) is 0 Å². The molecule has 2 saturated heterocycles. The molecule has 3 unspecified atom stereocenters. The van der Waals surface area contributed by atoms with Crippen molar-refractivity contribution in [2.45, 2.75) is 38.3 Å². The van der Waals surface area contributed by atoms with E-state index in [1.54, 1.807) is 7.11 Å². The van der Waals surface area contributed by atoms with Crippen LogP contribution in [0.1, 0.15) is 37.8 Å². The van der Waals surface area contributed by atoms with E-state index in [0.717, 1.165) is 18.4 Å². The van der Waals surface area contributed by atoms with Crippen LogP contribution in [0.25, 0.3) is 0 Å². The third-order valence-electron chi connectivity index (χ3n) is 5.18. The maximum Gasteiger partial charge on any atom is 0.183 e. The number of carbonyl (C=O) groups is 1. The summed E-state index contributed by atoms with van der Waals surface area (Å²) >= 11 is 0. The number of aliphatic hydroxyl groups excluding tert-OH is 1. The number of aliphatic hydroxyl groups is 1. The summed E-state index contributed by atoms with van der Waals surface area (Å²) in [5.41, 5.74) is 7.64. The van der Waals surface area contributed by atoms with Crippen LogP contribution in [-0.4, -0.2) is 48.7 Å². The lowest BCUT2D eigenvalue weighted by molar-refractivity contribution is -0.138. The molecule has 1 aromatic carbocycles. The topological polar surface area (TPSA) is 85.0 Å². The first kappa shape index (κ1) is 17.0. The minimum atomic E-state index is -0.0513. The van der Waals surface area contributed by atoms with Crippen LogP contribution in [0.5, 0.6) is 11.5 Å². The average molecular weight is 334 g/mol. The molecule has 6 heteroatoms. The van der Waals surface area contributed by atoms with E-state index in [0.29, 0.717) is 42.5 Å². The van der Waals surface area contributed by atoms with Crippen molar-refractivity contribution in [1.82, 2.24) is 4.90 Å². The number of hydrogen-bond donors (Lipinski definition) is 2. The summed E-state index contributed by atoms with van der Waals surface area (Å²) in [5.74, 6) is 1.41. The van der Waals surface area contributed by atoms with Crippen molar-refractivity contribution in [3.8, 4) is 11.5 Å². The van der Waals surface area contributed by atoms with Crippen LogP contribution >= 0.6 is 0 Å². The molecule has 2 bridgehead atoms. The number of ether oxygens (including phenoxy) is 2. The van der Waals surface area contributed by atoms with E-state index >= 15 is 0 Å². The van der Waals surface area contributed by atoms with E-state index in [1.165, 1.54) is 0 Å². The van der Waals surface area contributed by atoms with E-state index < -0.39 is 0 Å². The second kappa shape index (κ2) is 6.99. The molecule has 2 heterocycles. The smallest absolute Gasteiger partial charge is 0.183 e. The summed E-state index contributed by atoms with van der Waals surface area (Å²) in [6.45, 7) is 3.06. The van der Waals surface area contributed by atoms with Gasteiger partial charge in [-0.25, -0.2) is 0 Å². The predicted molar refractivity (Wildman–Crippen MR) is 91.2 cm³/mol. The monoisotopic (exact) mass is 334 g/mol. The van der Waals surface area contributed by atoms with Gasteiger partial charge in [-0.15, -0.1) is 0 Å². The summed E-state index contributed by atoms with van der Waals surface area (Å²) in [7, 11) is 1.57. The minimum Gasteiger partial charge on any atom is -0.491 e. The van der Waals surface area contributed by atoms with Gasteiger partial charge in [-0.05, 0) is 37.5 Å². The van der Waals surface area contributed by atoms with Gasteiger partial charge in [-0.3, -0.25) is 9.69 Å². The Morgan fingerprint density at radius 3 is 2.79 bits per heavy atom. The average Bonchev–Trinajstić information content (AvgIpc) is 2.56. The van der Waals surface area contributed by atoms with Crippen molar-refractivity contribution in [2.24, 2.45) is 5.92 Å². The second-order valence-electron chi connectivity index (χ2n) is 6.49. The van der Waals surface area contributed by atoms with Crippen LogP contribution < -0.4 is 15.2 Å². The minimum absolute atomic E-state index is 0.0381.